The standard InChI is InChI=1S/C44H28N4O/c1-3-11-29(12-4-1)30-21-25-33(26-22-30)42-46-41(32-13-5-2-6-14-32)47-43(48-42)38-18-10-16-36-35(15-9-17-37(36)38)31-23-27-34(28-24-31)44-45-39-19-7-8-20-40(39)49-44/h1-28H. The lowest BCUT2D eigenvalue weighted by atomic mass is 9.95. The van der Waals surface area contributed by atoms with Gasteiger partial charge in [0.1, 0.15) is 5.52 Å². The Morgan fingerprint density at radius 2 is 0.796 bits per heavy atom. The zero-order valence-corrected chi connectivity index (χ0v) is 26.4. The van der Waals surface area contributed by atoms with Crippen molar-refractivity contribution in [1.29, 1.82) is 0 Å². The molecular formula is C44H28N4O. The third-order valence-corrected chi connectivity index (χ3v) is 8.82. The number of nitrogens with zero attached hydrogens (tertiary/aromatic N) is 4. The van der Waals surface area contributed by atoms with Crippen LogP contribution in [0.5, 0.6) is 0 Å². The summed E-state index contributed by atoms with van der Waals surface area (Å²) in [6.07, 6.45) is 0. The molecule has 0 bridgehead atoms. The van der Waals surface area contributed by atoms with Crippen LogP contribution in [-0.4, -0.2) is 19.9 Å². The maximum absolute atomic E-state index is 6.01. The molecule has 0 aliphatic carbocycles. The van der Waals surface area contributed by atoms with Crippen LogP contribution in [-0.2, 0) is 0 Å². The average molecular weight is 629 g/mol. The molecule has 49 heavy (non-hydrogen) atoms. The van der Waals surface area contributed by atoms with Gasteiger partial charge in [0.25, 0.3) is 0 Å². The number of aromatic nitrogens is 4. The summed E-state index contributed by atoms with van der Waals surface area (Å²) in [5.41, 5.74) is 9.92. The molecule has 0 saturated carbocycles. The summed E-state index contributed by atoms with van der Waals surface area (Å²) >= 11 is 0. The Labute approximate surface area is 283 Å². The lowest BCUT2D eigenvalue weighted by molar-refractivity contribution is 0.620. The monoisotopic (exact) mass is 628 g/mol. The number of rotatable bonds is 6. The molecule has 0 aliphatic heterocycles. The van der Waals surface area contributed by atoms with Crippen LogP contribution in [0.25, 0.3) is 89.7 Å². The van der Waals surface area contributed by atoms with E-state index in [0.29, 0.717) is 23.4 Å². The molecule has 5 nitrogen and oxygen atoms in total. The lowest BCUT2D eigenvalue weighted by Crippen LogP contribution is -2.00. The van der Waals surface area contributed by atoms with E-state index < -0.39 is 0 Å². The van der Waals surface area contributed by atoms with Gasteiger partial charge in [0.2, 0.25) is 5.89 Å². The average Bonchev–Trinajstić information content (AvgIpc) is 3.63. The van der Waals surface area contributed by atoms with E-state index in [0.717, 1.165) is 60.8 Å². The van der Waals surface area contributed by atoms with Gasteiger partial charge in [-0.15, -0.1) is 0 Å². The van der Waals surface area contributed by atoms with E-state index >= 15 is 0 Å². The Kier molecular flexibility index (Phi) is 7.06. The second kappa shape index (κ2) is 12.1. The second-order valence-corrected chi connectivity index (χ2v) is 11.9. The zero-order valence-electron chi connectivity index (χ0n) is 26.4. The van der Waals surface area contributed by atoms with Crippen molar-refractivity contribution in [3.8, 4) is 67.9 Å². The third-order valence-electron chi connectivity index (χ3n) is 8.82. The quantitative estimate of drug-likeness (QED) is 0.183. The molecule has 0 saturated heterocycles. The molecule has 0 unspecified atom stereocenters. The molecule has 5 heteroatoms. The van der Waals surface area contributed by atoms with Gasteiger partial charge in [-0.3, -0.25) is 0 Å². The Bertz CT molecular complexity index is 2540. The van der Waals surface area contributed by atoms with Gasteiger partial charge in [-0.05, 0) is 57.3 Å². The summed E-state index contributed by atoms with van der Waals surface area (Å²) in [5, 5.41) is 2.18. The number of para-hydroxylation sites is 2. The third kappa shape index (κ3) is 5.43. The molecule has 7 aromatic carbocycles. The molecule has 0 amide bonds. The first-order chi connectivity index (χ1) is 24.3. The van der Waals surface area contributed by atoms with Crippen molar-refractivity contribution >= 4 is 21.9 Å². The molecule has 0 fully saturated rings. The van der Waals surface area contributed by atoms with E-state index in [2.05, 4.69) is 114 Å². The maximum atomic E-state index is 6.01. The van der Waals surface area contributed by atoms with Gasteiger partial charge in [-0.1, -0.05) is 146 Å². The van der Waals surface area contributed by atoms with Crippen molar-refractivity contribution in [1.82, 2.24) is 19.9 Å². The highest BCUT2D eigenvalue weighted by molar-refractivity contribution is 6.03. The van der Waals surface area contributed by atoms with Crippen LogP contribution in [0.4, 0.5) is 0 Å². The van der Waals surface area contributed by atoms with Crippen molar-refractivity contribution in [2.24, 2.45) is 0 Å². The van der Waals surface area contributed by atoms with E-state index in [1.54, 1.807) is 0 Å². The smallest absolute Gasteiger partial charge is 0.227 e. The maximum Gasteiger partial charge on any atom is 0.227 e. The summed E-state index contributed by atoms with van der Waals surface area (Å²) in [4.78, 5) is 19.7. The number of oxazole rings is 1. The van der Waals surface area contributed by atoms with Crippen LogP contribution in [0, 0.1) is 0 Å². The van der Waals surface area contributed by atoms with Crippen LogP contribution in [0.1, 0.15) is 0 Å². The summed E-state index contributed by atoms with van der Waals surface area (Å²) in [5.74, 6) is 2.51. The number of benzene rings is 7. The largest absolute Gasteiger partial charge is 0.436 e. The highest BCUT2D eigenvalue weighted by Gasteiger charge is 2.16. The predicted octanol–water partition coefficient (Wildman–Crippen LogP) is 11.2. The Morgan fingerprint density at radius 3 is 1.49 bits per heavy atom. The molecule has 9 aromatic rings. The zero-order chi connectivity index (χ0) is 32.6. The van der Waals surface area contributed by atoms with E-state index in [9.17, 15) is 0 Å². The fraction of sp³-hybridized carbons (Fsp3) is 0. The first-order valence-corrected chi connectivity index (χ1v) is 16.2. The fourth-order valence-corrected chi connectivity index (χ4v) is 6.33. The minimum Gasteiger partial charge on any atom is -0.436 e. The predicted molar refractivity (Wildman–Crippen MR) is 198 cm³/mol. The molecule has 230 valence electrons. The molecule has 9 rings (SSSR count). The lowest BCUT2D eigenvalue weighted by Gasteiger charge is -2.13. The van der Waals surface area contributed by atoms with Gasteiger partial charge >= 0.3 is 0 Å². The minimum absolute atomic E-state index is 0.613. The van der Waals surface area contributed by atoms with Gasteiger partial charge < -0.3 is 4.42 Å². The summed E-state index contributed by atoms with van der Waals surface area (Å²) in [6, 6.07) is 57.8. The number of hydrogen-bond acceptors (Lipinski definition) is 5. The highest BCUT2D eigenvalue weighted by atomic mass is 16.3. The molecular weight excluding hydrogens is 601 g/mol. The molecule has 2 aromatic heterocycles. The SMILES string of the molecule is c1ccc(-c2ccc(-c3nc(-c4ccccc4)nc(-c4cccc5c(-c6ccc(-c7nc8ccccc8o7)cc6)cccc45)n3)cc2)cc1. The van der Waals surface area contributed by atoms with E-state index in [-0.39, 0.29) is 0 Å². The second-order valence-electron chi connectivity index (χ2n) is 11.9. The van der Waals surface area contributed by atoms with Crippen molar-refractivity contribution in [2.45, 2.75) is 0 Å². The van der Waals surface area contributed by atoms with Crippen LogP contribution in [0.15, 0.2) is 174 Å². The first kappa shape index (κ1) is 28.5. The van der Waals surface area contributed by atoms with Crippen LogP contribution < -0.4 is 0 Å². The molecule has 2 heterocycles. The van der Waals surface area contributed by atoms with E-state index in [1.807, 2.05) is 60.7 Å². The Morgan fingerprint density at radius 1 is 0.306 bits per heavy atom. The normalized spacial score (nSPS) is 11.3. The van der Waals surface area contributed by atoms with Crippen molar-refractivity contribution in [2.75, 3.05) is 0 Å². The fourth-order valence-electron chi connectivity index (χ4n) is 6.33. The summed E-state index contributed by atoms with van der Waals surface area (Å²) in [7, 11) is 0. The molecule has 0 N–H and O–H groups in total. The van der Waals surface area contributed by atoms with Gasteiger partial charge in [0, 0.05) is 22.3 Å². The Hall–Kier alpha value is -6.72. The number of fused-ring (bicyclic) bond motifs is 2. The Balaban J connectivity index is 1.13. The van der Waals surface area contributed by atoms with Gasteiger partial charge in [-0.2, -0.15) is 0 Å². The molecule has 0 aliphatic rings. The molecule has 0 radical (unpaired) electrons. The van der Waals surface area contributed by atoms with Crippen molar-refractivity contribution < 1.29 is 4.42 Å². The molecule has 0 spiro atoms. The van der Waals surface area contributed by atoms with Gasteiger partial charge in [-0.25, -0.2) is 19.9 Å². The first-order valence-electron chi connectivity index (χ1n) is 16.2. The molecule has 0 atom stereocenters. The minimum atomic E-state index is 0.613. The van der Waals surface area contributed by atoms with E-state index in [4.69, 9.17) is 19.4 Å². The topological polar surface area (TPSA) is 64.7 Å². The van der Waals surface area contributed by atoms with Crippen molar-refractivity contribution in [3.63, 3.8) is 0 Å². The van der Waals surface area contributed by atoms with Gasteiger partial charge in [0.05, 0.1) is 0 Å². The number of hydrogen-bond donors (Lipinski definition) is 0. The van der Waals surface area contributed by atoms with Crippen LogP contribution >= 0.6 is 0 Å². The van der Waals surface area contributed by atoms with E-state index in [1.165, 1.54) is 5.56 Å². The van der Waals surface area contributed by atoms with Crippen LogP contribution in [0.3, 0.4) is 0 Å². The summed E-state index contributed by atoms with van der Waals surface area (Å²) in [6.45, 7) is 0. The highest BCUT2D eigenvalue weighted by Crippen LogP contribution is 2.36. The van der Waals surface area contributed by atoms with Crippen LogP contribution in [0.2, 0.25) is 0 Å². The van der Waals surface area contributed by atoms with Gasteiger partial charge in [0.15, 0.2) is 23.1 Å². The summed E-state index contributed by atoms with van der Waals surface area (Å²) < 4.78 is 6.01. The van der Waals surface area contributed by atoms with Crippen molar-refractivity contribution in [3.05, 3.63) is 170 Å².